The summed E-state index contributed by atoms with van der Waals surface area (Å²) in [5.74, 6) is 0.569. The van der Waals surface area contributed by atoms with Gasteiger partial charge >= 0.3 is 0 Å². The number of thiophene rings is 1. The van der Waals surface area contributed by atoms with Crippen LogP contribution in [0.3, 0.4) is 0 Å². The van der Waals surface area contributed by atoms with Crippen molar-refractivity contribution in [3.05, 3.63) is 39.5 Å². The number of hydrogen-bond donors (Lipinski definition) is 3. The molecule has 0 atom stereocenters. The van der Waals surface area contributed by atoms with E-state index in [1.54, 1.807) is 11.3 Å². The minimum Gasteiger partial charge on any atom is -0.383 e. The molecular weight excluding hydrogens is 294 g/mol. The van der Waals surface area contributed by atoms with Crippen LogP contribution in [0.25, 0.3) is 10.9 Å². The normalized spacial score (nSPS) is 10.8. The van der Waals surface area contributed by atoms with E-state index in [-0.39, 0.29) is 5.95 Å². The lowest BCUT2D eigenvalue weighted by molar-refractivity contribution is 1.19. The van der Waals surface area contributed by atoms with E-state index in [1.807, 2.05) is 30.3 Å². The van der Waals surface area contributed by atoms with Gasteiger partial charge in [-0.15, -0.1) is 11.3 Å². The number of anilines is 3. The van der Waals surface area contributed by atoms with E-state index >= 15 is 0 Å². The van der Waals surface area contributed by atoms with Crippen molar-refractivity contribution in [3.8, 4) is 0 Å². The molecule has 3 aromatic rings. The first kappa shape index (κ1) is 13.0. The molecule has 0 aliphatic heterocycles. The maximum absolute atomic E-state index is 5.90. The summed E-state index contributed by atoms with van der Waals surface area (Å²) in [5, 5.41) is 4.10. The Hall–Kier alpha value is -2.05. The van der Waals surface area contributed by atoms with Crippen molar-refractivity contribution in [1.29, 1.82) is 0 Å². The fourth-order valence-electron chi connectivity index (χ4n) is 1.92. The summed E-state index contributed by atoms with van der Waals surface area (Å²) in [4.78, 5) is 9.27. The number of fused-ring (bicyclic) bond motifs is 1. The van der Waals surface area contributed by atoms with Gasteiger partial charge in [-0.3, -0.25) is 0 Å². The van der Waals surface area contributed by atoms with Gasteiger partial charge in [-0.25, -0.2) is 4.98 Å². The second-order valence-corrected chi connectivity index (χ2v) is 6.06. The quantitative estimate of drug-likeness (QED) is 0.691. The first-order chi connectivity index (χ1) is 9.61. The van der Waals surface area contributed by atoms with Crippen LogP contribution < -0.4 is 16.8 Å². The molecule has 20 heavy (non-hydrogen) atoms. The number of aromatic nitrogens is 2. The molecule has 5 nitrogen and oxygen atoms in total. The average molecular weight is 306 g/mol. The summed E-state index contributed by atoms with van der Waals surface area (Å²) in [6, 6.07) is 9.60. The van der Waals surface area contributed by atoms with Crippen molar-refractivity contribution >= 4 is 51.3 Å². The third-order valence-corrected chi connectivity index (χ3v) is 4.07. The second kappa shape index (κ2) is 5.15. The predicted octanol–water partition coefficient (Wildman–Crippen LogP) is 3.12. The molecule has 7 heteroatoms. The molecule has 0 bridgehead atoms. The van der Waals surface area contributed by atoms with Crippen LogP contribution in [0, 0.1) is 0 Å². The number of rotatable bonds is 3. The SMILES string of the molecule is Nc1nc(N)c2cc(NCc3ccc(Cl)s3)ccc2n1. The average Bonchev–Trinajstić information content (AvgIpc) is 2.82. The first-order valence-corrected chi connectivity index (χ1v) is 7.12. The number of nitrogens with one attached hydrogen (secondary N) is 1. The predicted molar refractivity (Wildman–Crippen MR) is 85.0 cm³/mol. The summed E-state index contributed by atoms with van der Waals surface area (Å²) < 4.78 is 0.786. The fraction of sp³-hybridized carbons (Fsp3) is 0.0769. The van der Waals surface area contributed by atoms with Crippen molar-refractivity contribution in [2.24, 2.45) is 0 Å². The van der Waals surface area contributed by atoms with Crippen LogP contribution >= 0.6 is 22.9 Å². The van der Waals surface area contributed by atoms with Gasteiger partial charge in [-0.05, 0) is 30.3 Å². The molecule has 0 aliphatic rings. The van der Waals surface area contributed by atoms with Crippen LogP contribution in [-0.2, 0) is 6.54 Å². The molecule has 0 radical (unpaired) electrons. The highest BCUT2D eigenvalue weighted by molar-refractivity contribution is 7.16. The van der Waals surface area contributed by atoms with Crippen LogP contribution in [0.1, 0.15) is 4.88 Å². The number of nitrogens with two attached hydrogens (primary N) is 2. The molecule has 3 rings (SSSR count). The molecule has 0 saturated heterocycles. The highest BCUT2D eigenvalue weighted by Gasteiger charge is 2.05. The van der Waals surface area contributed by atoms with Crippen LogP contribution in [0.4, 0.5) is 17.5 Å². The molecule has 0 unspecified atom stereocenters. The van der Waals surface area contributed by atoms with Gasteiger partial charge in [0.15, 0.2) is 0 Å². The summed E-state index contributed by atoms with van der Waals surface area (Å²) >= 11 is 7.45. The van der Waals surface area contributed by atoms with Gasteiger partial charge in [-0.2, -0.15) is 4.98 Å². The van der Waals surface area contributed by atoms with Crippen molar-refractivity contribution in [1.82, 2.24) is 9.97 Å². The lowest BCUT2D eigenvalue weighted by atomic mass is 10.2. The van der Waals surface area contributed by atoms with Gasteiger partial charge in [0.2, 0.25) is 5.95 Å². The molecule has 2 heterocycles. The Morgan fingerprint density at radius 3 is 2.75 bits per heavy atom. The van der Waals surface area contributed by atoms with Crippen LogP contribution in [-0.4, -0.2) is 9.97 Å². The summed E-state index contributed by atoms with van der Waals surface area (Å²) in [7, 11) is 0. The van der Waals surface area contributed by atoms with Crippen molar-refractivity contribution in [3.63, 3.8) is 0 Å². The Morgan fingerprint density at radius 2 is 2.00 bits per heavy atom. The number of nitrogen functional groups attached to an aromatic ring is 2. The number of halogens is 1. The molecule has 1 aromatic carbocycles. The van der Waals surface area contributed by atoms with Gasteiger partial charge in [0, 0.05) is 22.5 Å². The number of benzene rings is 1. The Labute approximate surface area is 124 Å². The Kier molecular flexibility index (Phi) is 3.33. The molecule has 0 spiro atoms. The standard InChI is InChI=1S/C13H12ClN5S/c14-11-4-2-8(20-11)6-17-7-1-3-10-9(5-7)12(15)19-13(16)18-10/h1-5,17H,6H2,(H4,15,16,18,19). The van der Waals surface area contributed by atoms with E-state index in [0.29, 0.717) is 12.4 Å². The van der Waals surface area contributed by atoms with E-state index in [0.717, 1.165) is 25.8 Å². The summed E-state index contributed by atoms with van der Waals surface area (Å²) in [5.41, 5.74) is 13.1. The largest absolute Gasteiger partial charge is 0.383 e. The Balaban J connectivity index is 1.85. The third kappa shape index (κ3) is 2.61. The van der Waals surface area contributed by atoms with Crippen LogP contribution in [0.15, 0.2) is 30.3 Å². The zero-order valence-electron chi connectivity index (χ0n) is 10.4. The van der Waals surface area contributed by atoms with Crippen molar-refractivity contribution < 1.29 is 0 Å². The molecule has 0 aliphatic carbocycles. The first-order valence-electron chi connectivity index (χ1n) is 5.92. The van der Waals surface area contributed by atoms with E-state index in [1.165, 1.54) is 0 Å². The minimum atomic E-state index is 0.184. The zero-order chi connectivity index (χ0) is 14.1. The highest BCUT2D eigenvalue weighted by Crippen LogP contribution is 2.25. The Bertz CT molecular complexity index is 771. The monoisotopic (exact) mass is 305 g/mol. The van der Waals surface area contributed by atoms with Gasteiger partial charge < -0.3 is 16.8 Å². The summed E-state index contributed by atoms with van der Waals surface area (Å²) in [6.07, 6.45) is 0. The van der Waals surface area contributed by atoms with E-state index < -0.39 is 0 Å². The van der Waals surface area contributed by atoms with Gasteiger partial charge in [0.1, 0.15) is 5.82 Å². The summed E-state index contributed by atoms with van der Waals surface area (Å²) in [6.45, 7) is 0.707. The zero-order valence-corrected chi connectivity index (χ0v) is 12.0. The van der Waals surface area contributed by atoms with Gasteiger partial charge in [0.25, 0.3) is 0 Å². The number of hydrogen-bond acceptors (Lipinski definition) is 6. The van der Waals surface area contributed by atoms with Crippen molar-refractivity contribution in [2.45, 2.75) is 6.54 Å². The molecule has 5 N–H and O–H groups in total. The fourth-order valence-corrected chi connectivity index (χ4v) is 2.94. The molecule has 0 amide bonds. The van der Waals surface area contributed by atoms with Crippen LogP contribution in [0.2, 0.25) is 4.34 Å². The van der Waals surface area contributed by atoms with Gasteiger partial charge in [0.05, 0.1) is 9.85 Å². The molecule has 2 aromatic heterocycles. The molecule has 102 valence electrons. The lowest BCUT2D eigenvalue weighted by Crippen LogP contribution is -2.02. The molecular formula is C13H12ClN5S. The topological polar surface area (TPSA) is 89.8 Å². The smallest absolute Gasteiger partial charge is 0.222 e. The van der Waals surface area contributed by atoms with E-state index in [4.69, 9.17) is 23.1 Å². The second-order valence-electron chi connectivity index (χ2n) is 4.26. The lowest BCUT2D eigenvalue weighted by Gasteiger charge is -2.07. The third-order valence-electron chi connectivity index (χ3n) is 2.84. The van der Waals surface area contributed by atoms with Crippen LogP contribution in [0.5, 0.6) is 0 Å². The molecule has 0 fully saturated rings. The maximum atomic E-state index is 5.90. The van der Waals surface area contributed by atoms with E-state index in [9.17, 15) is 0 Å². The Morgan fingerprint density at radius 1 is 1.15 bits per heavy atom. The number of nitrogens with zero attached hydrogens (tertiary/aromatic N) is 2. The van der Waals surface area contributed by atoms with E-state index in [2.05, 4.69) is 15.3 Å². The maximum Gasteiger partial charge on any atom is 0.222 e. The molecule has 0 saturated carbocycles. The van der Waals surface area contributed by atoms with Crippen molar-refractivity contribution in [2.75, 3.05) is 16.8 Å². The van der Waals surface area contributed by atoms with Gasteiger partial charge in [-0.1, -0.05) is 11.6 Å². The highest BCUT2D eigenvalue weighted by atomic mass is 35.5. The minimum absolute atomic E-state index is 0.184.